The maximum absolute atomic E-state index is 11.7. The molecule has 1 saturated heterocycles. The van der Waals surface area contributed by atoms with Crippen LogP contribution in [0.2, 0.25) is 0 Å². The Morgan fingerprint density at radius 3 is 2.38 bits per heavy atom. The molecule has 0 saturated carbocycles. The molecular formula is C17H23N3O4. The van der Waals surface area contributed by atoms with Gasteiger partial charge >= 0.3 is 11.8 Å². The lowest BCUT2D eigenvalue weighted by Crippen LogP contribution is -2.41. The molecule has 130 valence electrons. The molecule has 1 aromatic carbocycles. The van der Waals surface area contributed by atoms with E-state index in [1.165, 1.54) is 0 Å². The zero-order valence-corrected chi connectivity index (χ0v) is 13.6. The van der Waals surface area contributed by atoms with Gasteiger partial charge in [-0.1, -0.05) is 12.1 Å². The van der Waals surface area contributed by atoms with Crippen molar-refractivity contribution >= 4 is 17.7 Å². The normalized spacial score (nSPS) is 13.8. The van der Waals surface area contributed by atoms with Gasteiger partial charge < -0.3 is 20.6 Å². The van der Waals surface area contributed by atoms with E-state index in [-0.39, 0.29) is 11.7 Å². The minimum atomic E-state index is -0.661. The molecule has 0 atom stereocenters. The van der Waals surface area contributed by atoms with Crippen molar-refractivity contribution in [1.82, 2.24) is 15.5 Å². The number of phenolic OH excluding ortho intramolecular Hbond substituents is 1. The zero-order chi connectivity index (χ0) is 17.4. The van der Waals surface area contributed by atoms with Crippen LogP contribution in [0.5, 0.6) is 5.75 Å². The molecule has 0 aromatic heterocycles. The molecule has 1 aliphatic rings. The molecule has 1 heterocycles. The molecule has 7 heteroatoms. The van der Waals surface area contributed by atoms with Crippen molar-refractivity contribution in [3.8, 4) is 5.75 Å². The molecule has 1 aromatic rings. The van der Waals surface area contributed by atoms with Crippen LogP contribution in [0.15, 0.2) is 24.3 Å². The Bertz CT molecular complexity index is 586. The largest absolute Gasteiger partial charge is 0.508 e. The number of hydrogen-bond donors (Lipinski definition) is 3. The van der Waals surface area contributed by atoms with E-state index in [4.69, 9.17) is 0 Å². The topological polar surface area (TPSA) is 98.7 Å². The zero-order valence-electron chi connectivity index (χ0n) is 13.6. The standard InChI is InChI=1S/C17H23N3O4/c21-14-6-4-13(5-7-14)8-10-19-17(24)16(23)18-9-2-12-20-11-1-3-15(20)22/h4-7,21H,1-3,8-12H2,(H,18,23)(H,19,24). The van der Waals surface area contributed by atoms with E-state index in [1.54, 1.807) is 29.2 Å². The van der Waals surface area contributed by atoms with Gasteiger partial charge in [0.15, 0.2) is 0 Å². The highest BCUT2D eigenvalue weighted by atomic mass is 16.3. The summed E-state index contributed by atoms with van der Waals surface area (Å²) in [6.07, 6.45) is 2.72. The van der Waals surface area contributed by atoms with Gasteiger partial charge in [-0.05, 0) is 37.0 Å². The number of nitrogens with zero attached hydrogens (tertiary/aromatic N) is 1. The highest BCUT2D eigenvalue weighted by Crippen LogP contribution is 2.10. The average molecular weight is 333 g/mol. The van der Waals surface area contributed by atoms with Crippen LogP contribution in [-0.4, -0.2) is 53.9 Å². The molecule has 3 amide bonds. The summed E-state index contributed by atoms with van der Waals surface area (Å²) in [5, 5.41) is 14.3. The van der Waals surface area contributed by atoms with Crippen LogP contribution in [0, 0.1) is 0 Å². The second-order valence-corrected chi connectivity index (χ2v) is 5.77. The third-order valence-corrected chi connectivity index (χ3v) is 3.90. The van der Waals surface area contributed by atoms with Gasteiger partial charge in [-0.3, -0.25) is 14.4 Å². The fourth-order valence-corrected chi connectivity index (χ4v) is 2.56. The number of likely N-dealkylation sites (tertiary alicyclic amines) is 1. The maximum atomic E-state index is 11.7. The number of phenols is 1. The molecule has 0 aliphatic carbocycles. The van der Waals surface area contributed by atoms with E-state index in [1.807, 2.05) is 0 Å². The number of benzene rings is 1. The van der Waals surface area contributed by atoms with Gasteiger partial charge in [-0.2, -0.15) is 0 Å². The lowest BCUT2D eigenvalue weighted by Gasteiger charge is -2.15. The Morgan fingerprint density at radius 1 is 1.08 bits per heavy atom. The summed E-state index contributed by atoms with van der Waals surface area (Å²) in [4.78, 5) is 36.5. The summed E-state index contributed by atoms with van der Waals surface area (Å²) >= 11 is 0. The Morgan fingerprint density at radius 2 is 1.75 bits per heavy atom. The van der Waals surface area contributed by atoms with Gasteiger partial charge in [0.1, 0.15) is 5.75 Å². The van der Waals surface area contributed by atoms with E-state index >= 15 is 0 Å². The number of aromatic hydroxyl groups is 1. The molecule has 1 aliphatic heterocycles. The van der Waals surface area contributed by atoms with Crippen LogP contribution in [0.1, 0.15) is 24.8 Å². The van der Waals surface area contributed by atoms with Crippen molar-refractivity contribution in [3.05, 3.63) is 29.8 Å². The molecule has 0 radical (unpaired) electrons. The third-order valence-electron chi connectivity index (χ3n) is 3.90. The lowest BCUT2D eigenvalue weighted by molar-refractivity contribution is -0.139. The maximum Gasteiger partial charge on any atom is 0.309 e. The van der Waals surface area contributed by atoms with Gasteiger partial charge in [0.25, 0.3) is 0 Å². The molecule has 7 nitrogen and oxygen atoms in total. The van der Waals surface area contributed by atoms with Crippen LogP contribution < -0.4 is 10.6 Å². The first-order valence-corrected chi connectivity index (χ1v) is 8.18. The predicted octanol–water partition coefficient (Wildman–Crippen LogP) is 0.180. The quantitative estimate of drug-likeness (QED) is 0.490. The highest BCUT2D eigenvalue weighted by Gasteiger charge is 2.19. The SMILES string of the molecule is O=C(NCCCN1CCCC1=O)C(=O)NCCc1ccc(O)cc1. The third kappa shape index (κ3) is 5.57. The molecule has 0 unspecified atom stereocenters. The van der Waals surface area contributed by atoms with Crippen LogP contribution in [0.4, 0.5) is 0 Å². The minimum Gasteiger partial charge on any atom is -0.508 e. The van der Waals surface area contributed by atoms with Crippen LogP contribution in [0.3, 0.4) is 0 Å². The van der Waals surface area contributed by atoms with E-state index in [9.17, 15) is 19.5 Å². The smallest absolute Gasteiger partial charge is 0.309 e. The second kappa shape index (κ2) is 8.90. The monoisotopic (exact) mass is 333 g/mol. The molecule has 3 N–H and O–H groups in total. The first-order valence-electron chi connectivity index (χ1n) is 8.18. The fraction of sp³-hybridized carbons (Fsp3) is 0.471. The number of carbonyl (C=O) groups excluding carboxylic acids is 3. The van der Waals surface area contributed by atoms with Crippen molar-refractivity contribution in [2.45, 2.75) is 25.7 Å². The van der Waals surface area contributed by atoms with Gasteiger partial charge in [0.2, 0.25) is 5.91 Å². The summed E-state index contributed by atoms with van der Waals surface area (Å²) < 4.78 is 0. The van der Waals surface area contributed by atoms with Crippen LogP contribution in [0.25, 0.3) is 0 Å². The predicted molar refractivity (Wildman–Crippen MR) is 88.3 cm³/mol. The summed E-state index contributed by atoms with van der Waals surface area (Å²) in [5.41, 5.74) is 0.962. The first-order chi connectivity index (χ1) is 11.6. The van der Waals surface area contributed by atoms with E-state index in [0.29, 0.717) is 38.9 Å². The van der Waals surface area contributed by atoms with Crippen LogP contribution in [-0.2, 0) is 20.8 Å². The van der Waals surface area contributed by atoms with Crippen molar-refractivity contribution < 1.29 is 19.5 Å². The van der Waals surface area contributed by atoms with Gasteiger partial charge in [-0.25, -0.2) is 0 Å². The number of hydrogen-bond acceptors (Lipinski definition) is 4. The Balaban J connectivity index is 1.57. The van der Waals surface area contributed by atoms with Crippen molar-refractivity contribution in [3.63, 3.8) is 0 Å². The Kier molecular flexibility index (Phi) is 6.60. The Labute approximate surface area is 141 Å². The number of carbonyl (C=O) groups is 3. The second-order valence-electron chi connectivity index (χ2n) is 5.77. The highest BCUT2D eigenvalue weighted by molar-refractivity contribution is 6.35. The molecular weight excluding hydrogens is 310 g/mol. The van der Waals surface area contributed by atoms with Crippen molar-refractivity contribution in [2.24, 2.45) is 0 Å². The van der Waals surface area contributed by atoms with E-state index in [0.717, 1.165) is 18.5 Å². The molecule has 0 bridgehead atoms. The molecule has 24 heavy (non-hydrogen) atoms. The van der Waals surface area contributed by atoms with Gasteiger partial charge in [0.05, 0.1) is 0 Å². The number of amides is 3. The molecule has 0 spiro atoms. The first kappa shape index (κ1) is 17.8. The summed E-state index contributed by atoms with van der Waals surface area (Å²) in [7, 11) is 0. The van der Waals surface area contributed by atoms with Crippen molar-refractivity contribution in [1.29, 1.82) is 0 Å². The fourth-order valence-electron chi connectivity index (χ4n) is 2.56. The summed E-state index contributed by atoms with van der Waals surface area (Å²) in [6.45, 7) is 2.11. The van der Waals surface area contributed by atoms with Crippen molar-refractivity contribution in [2.75, 3.05) is 26.2 Å². The lowest BCUT2D eigenvalue weighted by atomic mass is 10.1. The van der Waals surface area contributed by atoms with E-state index in [2.05, 4.69) is 10.6 Å². The minimum absolute atomic E-state index is 0.160. The average Bonchev–Trinajstić information content (AvgIpc) is 2.98. The summed E-state index contributed by atoms with van der Waals surface area (Å²) in [6, 6.07) is 6.69. The van der Waals surface area contributed by atoms with Crippen LogP contribution >= 0.6 is 0 Å². The molecule has 1 fully saturated rings. The van der Waals surface area contributed by atoms with Gasteiger partial charge in [-0.15, -0.1) is 0 Å². The summed E-state index contributed by atoms with van der Waals surface area (Å²) in [5.74, 6) is -0.967. The van der Waals surface area contributed by atoms with Gasteiger partial charge in [0, 0.05) is 32.6 Å². The molecule has 2 rings (SSSR count). The van der Waals surface area contributed by atoms with E-state index < -0.39 is 11.8 Å². The number of rotatable bonds is 7. The number of nitrogens with one attached hydrogen (secondary N) is 2. The Hall–Kier alpha value is -2.57.